The number of nitrogens with zero attached hydrogens (tertiary/aromatic N) is 3. The highest BCUT2D eigenvalue weighted by atomic mass is 35.5. The summed E-state index contributed by atoms with van der Waals surface area (Å²) in [5, 5.41) is 0.0315. The second-order valence-electron chi connectivity index (χ2n) is 4.73. The van der Waals surface area contributed by atoms with Crippen molar-refractivity contribution < 1.29 is 8.42 Å². The lowest BCUT2D eigenvalue weighted by molar-refractivity contribution is 0.268. The van der Waals surface area contributed by atoms with Gasteiger partial charge in [0.05, 0.1) is 6.33 Å². The summed E-state index contributed by atoms with van der Waals surface area (Å²) in [6.45, 7) is 4.47. The molecule has 8 heteroatoms. The van der Waals surface area contributed by atoms with Gasteiger partial charge in [-0.3, -0.25) is 4.90 Å². The van der Waals surface area contributed by atoms with Crippen LogP contribution in [0, 0.1) is 0 Å². The summed E-state index contributed by atoms with van der Waals surface area (Å²) in [7, 11) is -1.97. The van der Waals surface area contributed by atoms with Crippen LogP contribution in [0.25, 0.3) is 0 Å². The molecular weight excluding hydrogens is 288 g/mol. The predicted molar refractivity (Wildman–Crippen MR) is 73.7 cm³/mol. The Labute approximate surface area is 118 Å². The summed E-state index contributed by atoms with van der Waals surface area (Å²) in [5.41, 5.74) is 0. The third-order valence-electron chi connectivity index (χ3n) is 3.50. The van der Waals surface area contributed by atoms with Crippen LogP contribution < -0.4 is 4.72 Å². The normalized spacial score (nSPS) is 21.1. The lowest BCUT2D eigenvalue weighted by Gasteiger charge is -2.22. The van der Waals surface area contributed by atoms with Gasteiger partial charge in [-0.15, -0.1) is 0 Å². The number of halogens is 1. The third kappa shape index (κ3) is 3.10. The molecule has 0 spiro atoms. The van der Waals surface area contributed by atoms with Crippen molar-refractivity contribution in [3.63, 3.8) is 0 Å². The highest BCUT2D eigenvalue weighted by Gasteiger charge is 2.27. The van der Waals surface area contributed by atoms with Gasteiger partial charge in [0.25, 0.3) is 10.0 Å². The maximum absolute atomic E-state index is 12.1. The van der Waals surface area contributed by atoms with Gasteiger partial charge < -0.3 is 4.57 Å². The lowest BCUT2D eigenvalue weighted by atomic mass is 10.2. The molecule has 1 N–H and O–H groups in total. The van der Waals surface area contributed by atoms with E-state index < -0.39 is 10.0 Å². The average Bonchev–Trinajstić information content (AvgIpc) is 2.95. The Morgan fingerprint density at radius 3 is 2.89 bits per heavy atom. The molecule has 0 saturated carbocycles. The summed E-state index contributed by atoms with van der Waals surface area (Å²) >= 11 is 5.92. The summed E-state index contributed by atoms with van der Waals surface area (Å²) in [6.07, 6.45) is 3.53. The number of hydrogen-bond donors (Lipinski definition) is 1. The number of aryl methyl sites for hydroxylation is 1. The Kier molecular flexibility index (Phi) is 4.50. The number of nitrogens with one attached hydrogen (secondary N) is 1. The SMILES string of the molecule is CCN1CCC[C@@H]1CNS(=O)(=O)c1ncn(C)c1Cl. The van der Waals surface area contributed by atoms with Crippen molar-refractivity contribution in [1.82, 2.24) is 19.2 Å². The largest absolute Gasteiger partial charge is 0.324 e. The molecule has 1 atom stereocenters. The molecule has 1 fully saturated rings. The molecule has 2 heterocycles. The molecule has 0 unspecified atom stereocenters. The van der Waals surface area contributed by atoms with Crippen molar-refractivity contribution >= 4 is 21.6 Å². The quantitative estimate of drug-likeness (QED) is 0.875. The summed E-state index contributed by atoms with van der Waals surface area (Å²) in [6, 6.07) is 0.266. The molecule has 1 aliphatic heterocycles. The zero-order chi connectivity index (χ0) is 14.0. The van der Waals surface area contributed by atoms with Crippen molar-refractivity contribution in [2.75, 3.05) is 19.6 Å². The average molecular weight is 307 g/mol. The number of sulfonamides is 1. The molecule has 1 aliphatic rings. The highest BCUT2D eigenvalue weighted by Crippen LogP contribution is 2.20. The van der Waals surface area contributed by atoms with E-state index in [4.69, 9.17) is 11.6 Å². The zero-order valence-corrected chi connectivity index (χ0v) is 12.7. The van der Waals surface area contributed by atoms with Gasteiger partial charge in [-0.1, -0.05) is 18.5 Å². The fourth-order valence-corrected chi connectivity index (χ4v) is 3.89. The molecule has 1 aromatic heterocycles. The minimum absolute atomic E-state index is 0.0993. The Bertz CT molecular complexity index is 543. The molecule has 108 valence electrons. The van der Waals surface area contributed by atoms with Crippen molar-refractivity contribution in [3.05, 3.63) is 11.5 Å². The first kappa shape index (κ1) is 14.8. The van der Waals surface area contributed by atoms with Gasteiger partial charge in [-0.2, -0.15) is 0 Å². The second kappa shape index (κ2) is 5.78. The predicted octanol–water partition coefficient (Wildman–Crippen LogP) is 0.836. The van der Waals surface area contributed by atoms with Crippen LogP contribution in [0.2, 0.25) is 5.15 Å². The maximum atomic E-state index is 12.1. The van der Waals surface area contributed by atoms with Gasteiger partial charge in [0, 0.05) is 19.6 Å². The molecule has 0 aromatic carbocycles. The summed E-state index contributed by atoms with van der Waals surface area (Å²) < 4.78 is 28.3. The van der Waals surface area contributed by atoms with E-state index in [9.17, 15) is 8.42 Å². The number of hydrogen-bond acceptors (Lipinski definition) is 4. The van der Waals surface area contributed by atoms with Crippen molar-refractivity contribution in [2.45, 2.75) is 30.8 Å². The molecule has 0 radical (unpaired) electrons. The lowest BCUT2D eigenvalue weighted by Crippen LogP contribution is -2.40. The zero-order valence-electron chi connectivity index (χ0n) is 11.1. The first-order chi connectivity index (χ1) is 8.95. The van der Waals surface area contributed by atoms with Gasteiger partial charge in [0.1, 0.15) is 5.15 Å². The van der Waals surface area contributed by atoms with Crippen LogP contribution in [0.4, 0.5) is 0 Å². The summed E-state index contributed by atoms with van der Waals surface area (Å²) in [4.78, 5) is 6.12. The minimum Gasteiger partial charge on any atom is -0.324 e. The smallest absolute Gasteiger partial charge is 0.261 e. The van der Waals surface area contributed by atoms with Gasteiger partial charge in [0.2, 0.25) is 5.03 Å². The standard InChI is InChI=1S/C11H19ClN4O2S/c1-3-16-6-4-5-9(16)7-14-19(17,18)11-10(12)15(2)8-13-11/h8-9,14H,3-7H2,1-2H3/t9-/m1/s1. The number of rotatable bonds is 5. The Balaban J connectivity index is 2.04. The van der Waals surface area contributed by atoms with E-state index in [0.29, 0.717) is 6.54 Å². The first-order valence-electron chi connectivity index (χ1n) is 6.36. The van der Waals surface area contributed by atoms with Gasteiger partial charge in [-0.05, 0) is 25.9 Å². The van der Waals surface area contributed by atoms with E-state index >= 15 is 0 Å². The van der Waals surface area contributed by atoms with Crippen LogP contribution in [-0.2, 0) is 17.1 Å². The second-order valence-corrected chi connectivity index (χ2v) is 6.77. The van der Waals surface area contributed by atoms with E-state index in [-0.39, 0.29) is 16.2 Å². The molecule has 0 amide bonds. The summed E-state index contributed by atoms with van der Waals surface area (Å²) in [5.74, 6) is 0. The van der Waals surface area contributed by atoms with Crippen LogP contribution in [0.3, 0.4) is 0 Å². The Hall–Kier alpha value is -0.630. The monoisotopic (exact) mass is 306 g/mol. The Morgan fingerprint density at radius 2 is 2.32 bits per heavy atom. The molecular formula is C11H19ClN4O2S. The van der Waals surface area contributed by atoms with Crippen LogP contribution >= 0.6 is 11.6 Å². The fraction of sp³-hybridized carbons (Fsp3) is 0.727. The molecule has 0 bridgehead atoms. The number of likely N-dealkylation sites (tertiary alicyclic amines) is 1. The minimum atomic E-state index is -3.63. The molecule has 2 rings (SSSR count). The van der Waals surface area contributed by atoms with E-state index in [1.165, 1.54) is 10.9 Å². The van der Waals surface area contributed by atoms with E-state index in [2.05, 4.69) is 21.5 Å². The Morgan fingerprint density at radius 1 is 1.58 bits per heavy atom. The van der Waals surface area contributed by atoms with Crippen LogP contribution in [0.15, 0.2) is 11.4 Å². The van der Waals surface area contributed by atoms with E-state index in [0.717, 1.165) is 25.9 Å². The van der Waals surface area contributed by atoms with Gasteiger partial charge in [0.15, 0.2) is 0 Å². The van der Waals surface area contributed by atoms with Crippen molar-refractivity contribution in [1.29, 1.82) is 0 Å². The maximum Gasteiger partial charge on any atom is 0.261 e. The van der Waals surface area contributed by atoms with Gasteiger partial charge in [-0.25, -0.2) is 18.1 Å². The fourth-order valence-electron chi connectivity index (χ4n) is 2.39. The van der Waals surface area contributed by atoms with Crippen LogP contribution in [0.5, 0.6) is 0 Å². The number of aromatic nitrogens is 2. The molecule has 1 aromatic rings. The van der Waals surface area contributed by atoms with Crippen molar-refractivity contribution in [3.8, 4) is 0 Å². The van der Waals surface area contributed by atoms with Crippen molar-refractivity contribution in [2.24, 2.45) is 7.05 Å². The molecule has 19 heavy (non-hydrogen) atoms. The molecule has 1 saturated heterocycles. The number of imidazole rings is 1. The van der Waals surface area contributed by atoms with E-state index in [1.807, 2.05) is 0 Å². The highest BCUT2D eigenvalue weighted by molar-refractivity contribution is 7.89. The topological polar surface area (TPSA) is 67.2 Å². The van der Waals surface area contributed by atoms with E-state index in [1.54, 1.807) is 7.05 Å². The van der Waals surface area contributed by atoms with Gasteiger partial charge >= 0.3 is 0 Å². The first-order valence-corrected chi connectivity index (χ1v) is 8.22. The molecule has 6 nitrogen and oxygen atoms in total. The molecule has 0 aliphatic carbocycles. The van der Waals surface area contributed by atoms with Crippen LogP contribution in [-0.4, -0.2) is 48.5 Å². The van der Waals surface area contributed by atoms with Crippen LogP contribution in [0.1, 0.15) is 19.8 Å². The number of likely N-dealkylation sites (N-methyl/N-ethyl adjacent to an activating group) is 1. The third-order valence-corrected chi connectivity index (χ3v) is 5.42.